The highest BCUT2D eigenvalue weighted by molar-refractivity contribution is 5.46. The molecule has 0 fully saturated rings. The number of benzene rings is 3. The van der Waals surface area contributed by atoms with Crippen LogP contribution in [0.15, 0.2) is 71.5 Å². The molecule has 4 rings (SSSR count). The van der Waals surface area contributed by atoms with Crippen LogP contribution in [0.3, 0.4) is 0 Å². The highest BCUT2D eigenvalue weighted by Crippen LogP contribution is 2.29. The topological polar surface area (TPSA) is 64.4 Å². The first-order valence-corrected chi connectivity index (χ1v) is 14.7. The molecule has 0 bridgehead atoms. The van der Waals surface area contributed by atoms with Crippen LogP contribution in [0, 0.1) is 6.92 Å². The summed E-state index contributed by atoms with van der Waals surface area (Å²) in [5.74, 6) is 1.84. The zero-order valence-electron chi connectivity index (χ0n) is 24.4. The van der Waals surface area contributed by atoms with Crippen LogP contribution in [-0.4, -0.2) is 14.7 Å². The van der Waals surface area contributed by atoms with Gasteiger partial charge in [0.05, 0.1) is 11.4 Å². The van der Waals surface area contributed by atoms with E-state index in [0.29, 0.717) is 24.6 Å². The van der Waals surface area contributed by atoms with Gasteiger partial charge in [0.1, 0.15) is 23.9 Å². The highest BCUT2D eigenvalue weighted by atomic mass is 16.5. The molecule has 0 aliphatic heterocycles. The standard InChI is InChI=1S/C35H42N2O3/c1-5-8-16-33-32(23-27-21-28(12-6-2)34(38)29(22-27)13-7-3)35(39)37(25(4)36-33)30-17-19-31(20-18-30)40-24-26-14-10-9-11-15-26/h9-11,14-15,17-22,38H,5-8,12-13,16,23-24H2,1-4H3. The molecule has 5 heteroatoms. The number of nitrogens with zero attached hydrogens (tertiary/aromatic N) is 2. The van der Waals surface area contributed by atoms with Crippen molar-refractivity contribution < 1.29 is 9.84 Å². The van der Waals surface area contributed by atoms with E-state index in [9.17, 15) is 9.90 Å². The number of unbranched alkanes of at least 4 members (excludes halogenated alkanes) is 1. The van der Waals surface area contributed by atoms with Crippen molar-refractivity contribution in [2.75, 3.05) is 0 Å². The Hall–Kier alpha value is -3.86. The summed E-state index contributed by atoms with van der Waals surface area (Å²) >= 11 is 0. The van der Waals surface area contributed by atoms with Gasteiger partial charge in [0.15, 0.2) is 0 Å². The molecule has 0 radical (unpaired) electrons. The van der Waals surface area contributed by atoms with Crippen LogP contribution in [0.5, 0.6) is 11.5 Å². The van der Waals surface area contributed by atoms with Gasteiger partial charge in [0, 0.05) is 12.0 Å². The molecular formula is C35H42N2O3. The first kappa shape index (κ1) is 29.1. The van der Waals surface area contributed by atoms with Gasteiger partial charge in [-0.2, -0.15) is 0 Å². The molecule has 0 amide bonds. The lowest BCUT2D eigenvalue weighted by Gasteiger charge is -2.17. The minimum absolute atomic E-state index is 0.0290. The fourth-order valence-corrected chi connectivity index (χ4v) is 5.24. The minimum Gasteiger partial charge on any atom is -0.507 e. The Kier molecular flexibility index (Phi) is 10.2. The maximum absolute atomic E-state index is 14.1. The average molecular weight is 539 g/mol. The van der Waals surface area contributed by atoms with Crippen molar-refractivity contribution in [3.05, 3.63) is 116 Å². The van der Waals surface area contributed by atoms with Crippen LogP contribution < -0.4 is 10.3 Å². The predicted octanol–water partition coefficient (Wildman–Crippen LogP) is 7.66. The molecule has 0 aliphatic carbocycles. The quantitative estimate of drug-likeness (QED) is 0.190. The number of aryl methyl sites for hydroxylation is 4. The van der Waals surface area contributed by atoms with Gasteiger partial charge in [0.2, 0.25) is 0 Å². The molecular weight excluding hydrogens is 496 g/mol. The van der Waals surface area contributed by atoms with Gasteiger partial charge in [-0.25, -0.2) is 4.98 Å². The molecule has 40 heavy (non-hydrogen) atoms. The van der Waals surface area contributed by atoms with Gasteiger partial charge in [0.25, 0.3) is 5.56 Å². The molecule has 1 aromatic heterocycles. The van der Waals surface area contributed by atoms with Crippen LogP contribution in [0.25, 0.3) is 5.69 Å². The number of hydrogen-bond donors (Lipinski definition) is 1. The molecule has 0 atom stereocenters. The third-order valence-electron chi connectivity index (χ3n) is 7.29. The smallest absolute Gasteiger partial charge is 0.261 e. The third-order valence-corrected chi connectivity index (χ3v) is 7.29. The lowest BCUT2D eigenvalue weighted by molar-refractivity contribution is 0.306. The molecule has 1 heterocycles. The van der Waals surface area contributed by atoms with E-state index in [4.69, 9.17) is 9.72 Å². The number of ether oxygens (including phenoxy) is 1. The molecule has 0 unspecified atom stereocenters. The second-order valence-electron chi connectivity index (χ2n) is 10.5. The van der Waals surface area contributed by atoms with E-state index in [-0.39, 0.29) is 5.56 Å². The summed E-state index contributed by atoms with van der Waals surface area (Å²) in [5.41, 5.74) is 6.45. The monoisotopic (exact) mass is 538 g/mol. The van der Waals surface area contributed by atoms with Gasteiger partial charge < -0.3 is 9.84 Å². The summed E-state index contributed by atoms with van der Waals surface area (Å²) in [6.07, 6.45) is 6.82. The molecule has 0 saturated carbocycles. The second kappa shape index (κ2) is 14.0. The van der Waals surface area contributed by atoms with Crippen molar-refractivity contribution in [2.24, 2.45) is 0 Å². The van der Waals surface area contributed by atoms with Crippen molar-refractivity contribution >= 4 is 0 Å². The number of aromatic hydroxyl groups is 1. The summed E-state index contributed by atoms with van der Waals surface area (Å²) in [5, 5.41) is 10.8. The fourth-order valence-electron chi connectivity index (χ4n) is 5.24. The van der Waals surface area contributed by atoms with Crippen LogP contribution in [0.4, 0.5) is 0 Å². The van der Waals surface area contributed by atoms with Crippen molar-refractivity contribution in [3.8, 4) is 17.2 Å². The zero-order valence-corrected chi connectivity index (χ0v) is 24.4. The number of phenols is 1. The van der Waals surface area contributed by atoms with Crippen molar-refractivity contribution in [2.45, 2.75) is 85.7 Å². The van der Waals surface area contributed by atoms with E-state index in [1.807, 2.05) is 61.5 Å². The minimum atomic E-state index is -0.0290. The Morgan fingerprint density at radius 2 is 1.48 bits per heavy atom. The van der Waals surface area contributed by atoms with Crippen molar-refractivity contribution in [1.82, 2.24) is 9.55 Å². The lowest BCUT2D eigenvalue weighted by atomic mass is 9.94. The first-order valence-electron chi connectivity index (χ1n) is 14.7. The lowest BCUT2D eigenvalue weighted by Crippen LogP contribution is -2.28. The van der Waals surface area contributed by atoms with Gasteiger partial charge in [-0.1, -0.05) is 82.5 Å². The van der Waals surface area contributed by atoms with Crippen LogP contribution >= 0.6 is 0 Å². The van der Waals surface area contributed by atoms with E-state index in [0.717, 1.165) is 89.9 Å². The van der Waals surface area contributed by atoms with Crippen LogP contribution in [-0.2, 0) is 32.3 Å². The van der Waals surface area contributed by atoms with E-state index < -0.39 is 0 Å². The Morgan fingerprint density at radius 3 is 2.08 bits per heavy atom. The van der Waals surface area contributed by atoms with E-state index in [1.165, 1.54) is 0 Å². The third kappa shape index (κ3) is 7.01. The number of phenolic OH excluding ortho intramolecular Hbond substituents is 1. The predicted molar refractivity (Wildman–Crippen MR) is 163 cm³/mol. The Bertz CT molecular complexity index is 1430. The summed E-state index contributed by atoms with van der Waals surface area (Å²) in [4.78, 5) is 19.1. The highest BCUT2D eigenvalue weighted by Gasteiger charge is 2.18. The molecule has 5 nitrogen and oxygen atoms in total. The SMILES string of the molecule is CCCCc1nc(C)n(-c2ccc(OCc3ccccc3)cc2)c(=O)c1Cc1cc(CCC)c(O)c(CCC)c1. The first-order chi connectivity index (χ1) is 19.4. The molecule has 0 spiro atoms. The van der Waals surface area contributed by atoms with Crippen molar-refractivity contribution in [3.63, 3.8) is 0 Å². The zero-order chi connectivity index (χ0) is 28.5. The van der Waals surface area contributed by atoms with E-state index in [2.05, 4.69) is 32.9 Å². The molecule has 3 aromatic carbocycles. The summed E-state index contributed by atoms with van der Waals surface area (Å²) in [6, 6.07) is 21.9. The summed E-state index contributed by atoms with van der Waals surface area (Å²) < 4.78 is 7.67. The maximum atomic E-state index is 14.1. The van der Waals surface area contributed by atoms with E-state index in [1.54, 1.807) is 4.57 Å². The Morgan fingerprint density at radius 1 is 0.825 bits per heavy atom. The van der Waals surface area contributed by atoms with Crippen molar-refractivity contribution in [1.29, 1.82) is 0 Å². The van der Waals surface area contributed by atoms with Gasteiger partial charge >= 0.3 is 0 Å². The molecule has 210 valence electrons. The molecule has 0 saturated heterocycles. The number of aromatic nitrogens is 2. The Labute approximate surface area is 238 Å². The summed E-state index contributed by atoms with van der Waals surface area (Å²) in [7, 11) is 0. The molecule has 0 aliphatic rings. The van der Waals surface area contributed by atoms with Gasteiger partial charge in [-0.05, 0) is 79.1 Å². The van der Waals surface area contributed by atoms with Crippen LogP contribution in [0.1, 0.15) is 85.8 Å². The largest absolute Gasteiger partial charge is 0.507 e. The van der Waals surface area contributed by atoms with Gasteiger partial charge in [-0.3, -0.25) is 9.36 Å². The molecule has 1 N–H and O–H groups in total. The van der Waals surface area contributed by atoms with Crippen LogP contribution in [0.2, 0.25) is 0 Å². The fraction of sp³-hybridized carbons (Fsp3) is 0.371. The second-order valence-corrected chi connectivity index (χ2v) is 10.5. The van der Waals surface area contributed by atoms with E-state index >= 15 is 0 Å². The Balaban J connectivity index is 1.70. The number of hydrogen-bond acceptors (Lipinski definition) is 4. The normalized spacial score (nSPS) is 11.1. The summed E-state index contributed by atoms with van der Waals surface area (Å²) in [6.45, 7) is 8.79. The van der Waals surface area contributed by atoms with Gasteiger partial charge in [-0.15, -0.1) is 0 Å². The average Bonchev–Trinajstić information content (AvgIpc) is 2.96. The maximum Gasteiger partial charge on any atom is 0.261 e. The number of rotatable bonds is 13. The molecule has 4 aromatic rings.